The van der Waals surface area contributed by atoms with Crippen LogP contribution in [0.5, 0.6) is 0 Å². The van der Waals surface area contributed by atoms with Crippen LogP contribution in [0.1, 0.15) is 51.2 Å². The van der Waals surface area contributed by atoms with Gasteiger partial charge in [0.15, 0.2) is 6.10 Å². The maximum absolute atomic E-state index is 13.5. The number of nitrogens with one attached hydrogen (secondary N) is 1. The van der Waals surface area contributed by atoms with E-state index in [-0.39, 0.29) is 4.90 Å². The predicted octanol–water partition coefficient (Wildman–Crippen LogP) is 5.24. The Kier molecular flexibility index (Phi) is 8.96. The van der Waals surface area contributed by atoms with E-state index in [0.29, 0.717) is 32.8 Å². The van der Waals surface area contributed by atoms with Gasteiger partial charge in [0.1, 0.15) is 6.04 Å². The molecule has 0 amide bonds. The van der Waals surface area contributed by atoms with E-state index < -0.39 is 34.1 Å². The van der Waals surface area contributed by atoms with Gasteiger partial charge in [0.05, 0.1) is 23.9 Å². The largest absolute Gasteiger partial charge is 0.465 e. The van der Waals surface area contributed by atoms with Crippen molar-refractivity contribution < 1.29 is 27.5 Å². The van der Waals surface area contributed by atoms with Gasteiger partial charge < -0.3 is 14.0 Å². The second-order valence-electron chi connectivity index (χ2n) is 9.64. The summed E-state index contributed by atoms with van der Waals surface area (Å²) in [7, 11) is -2.73. The van der Waals surface area contributed by atoms with E-state index in [0.717, 1.165) is 11.3 Å². The third-order valence-corrected chi connectivity index (χ3v) is 8.48. The Labute approximate surface area is 244 Å². The van der Waals surface area contributed by atoms with Gasteiger partial charge in [-0.1, -0.05) is 17.7 Å². The fraction of sp³-hybridized carbons (Fsp3) is 0.233. The number of ether oxygens (including phenoxy) is 2. The second-order valence-corrected chi connectivity index (χ2v) is 11.8. The fourth-order valence-corrected chi connectivity index (χ4v) is 5.88. The molecule has 0 bridgehead atoms. The molecule has 0 saturated carbocycles. The third kappa shape index (κ3) is 6.67. The van der Waals surface area contributed by atoms with Gasteiger partial charge in [-0.3, -0.25) is 4.79 Å². The number of sulfonamides is 1. The van der Waals surface area contributed by atoms with Crippen LogP contribution in [0.2, 0.25) is 5.02 Å². The smallest absolute Gasteiger partial charge is 0.337 e. The van der Waals surface area contributed by atoms with Crippen LogP contribution in [0.4, 0.5) is 0 Å². The van der Waals surface area contributed by atoms with Crippen molar-refractivity contribution in [3.8, 4) is 5.69 Å². The van der Waals surface area contributed by atoms with Gasteiger partial charge in [-0.25, -0.2) is 18.2 Å². The number of hydrogen-bond acceptors (Lipinski definition) is 7. The lowest BCUT2D eigenvalue weighted by Gasteiger charge is -2.26. The molecule has 1 heterocycles. The molecule has 0 spiro atoms. The molecule has 1 N–H and O–H groups in total. The number of aryl methyl sites for hydroxylation is 3. The molecule has 0 aliphatic heterocycles. The summed E-state index contributed by atoms with van der Waals surface area (Å²) >= 11 is 5.89. The Morgan fingerprint density at radius 3 is 2.22 bits per heavy atom. The number of carbonyl (C=O) groups is 2. The number of rotatable bonds is 9. The first-order valence-electron chi connectivity index (χ1n) is 12.7. The lowest BCUT2D eigenvalue weighted by molar-refractivity contribution is -0.149. The molecule has 1 aromatic heterocycles. The van der Waals surface area contributed by atoms with Gasteiger partial charge in [0.25, 0.3) is 0 Å². The number of nitrogens with zero attached hydrogens (tertiary/aromatic N) is 2. The van der Waals surface area contributed by atoms with Crippen molar-refractivity contribution in [2.45, 2.75) is 44.7 Å². The van der Waals surface area contributed by atoms with Gasteiger partial charge >= 0.3 is 11.9 Å². The highest BCUT2D eigenvalue weighted by Crippen LogP contribution is 2.35. The molecule has 3 aromatic carbocycles. The maximum Gasteiger partial charge on any atom is 0.337 e. The molecule has 0 saturated heterocycles. The van der Waals surface area contributed by atoms with Crippen LogP contribution in [0.25, 0.3) is 5.69 Å². The number of carbonyl (C=O) groups excluding carboxylic acids is 2. The van der Waals surface area contributed by atoms with Crippen molar-refractivity contribution in [3.05, 3.63) is 112 Å². The Morgan fingerprint density at radius 2 is 1.63 bits per heavy atom. The average Bonchev–Trinajstić information content (AvgIpc) is 3.47. The number of esters is 2. The van der Waals surface area contributed by atoms with E-state index >= 15 is 0 Å². The Balaban J connectivity index is 1.75. The lowest BCUT2D eigenvalue weighted by Crippen LogP contribution is -2.40. The molecule has 11 heteroatoms. The second kappa shape index (κ2) is 12.3. The van der Waals surface area contributed by atoms with Crippen molar-refractivity contribution in [1.82, 2.24) is 14.3 Å². The number of hydrogen-bond donors (Lipinski definition) is 1. The lowest BCUT2D eigenvalue weighted by atomic mass is 9.89. The molecule has 0 radical (unpaired) electrons. The zero-order chi connectivity index (χ0) is 29.9. The average molecular weight is 596 g/mol. The Bertz CT molecular complexity index is 1660. The van der Waals surface area contributed by atoms with Gasteiger partial charge in [0, 0.05) is 34.2 Å². The van der Waals surface area contributed by atoms with Crippen LogP contribution >= 0.6 is 11.6 Å². The molecule has 4 rings (SSSR count). The van der Waals surface area contributed by atoms with E-state index in [1.54, 1.807) is 30.9 Å². The van der Waals surface area contributed by atoms with Crippen molar-refractivity contribution in [1.29, 1.82) is 0 Å². The molecule has 0 fully saturated rings. The van der Waals surface area contributed by atoms with Crippen molar-refractivity contribution in [2.24, 2.45) is 0 Å². The highest BCUT2D eigenvalue weighted by atomic mass is 35.5. The summed E-state index contributed by atoms with van der Waals surface area (Å²) in [5.41, 5.74) is 4.76. The van der Waals surface area contributed by atoms with Crippen molar-refractivity contribution >= 4 is 33.6 Å². The quantitative estimate of drug-likeness (QED) is 0.263. The van der Waals surface area contributed by atoms with Crippen LogP contribution in [0.15, 0.2) is 78.2 Å². The minimum Gasteiger partial charge on any atom is -0.465 e. The minimum absolute atomic E-state index is 0.0351. The minimum atomic E-state index is -4.04. The molecule has 0 unspecified atom stereocenters. The fourth-order valence-electron chi connectivity index (χ4n) is 4.57. The summed E-state index contributed by atoms with van der Waals surface area (Å²) in [6.45, 7) is 6.95. The van der Waals surface area contributed by atoms with Crippen LogP contribution < -0.4 is 4.72 Å². The number of methoxy groups -OCH3 is 1. The molecule has 214 valence electrons. The van der Waals surface area contributed by atoms with E-state index in [4.69, 9.17) is 21.1 Å². The standard InChI is InChI=1S/C30H30ClN3O6S/c1-18-6-9-24(34-13-12-32-17-34)16-26(18)28(27-19(2)14-22(15-20(27)3)30(36)39-5)40-29(35)21(4)33-41(37,38)25-10-7-23(31)8-11-25/h6-17,21,28,33H,1-5H3/t21-,28-/m0/s1. The highest BCUT2D eigenvalue weighted by Gasteiger charge is 2.30. The van der Waals surface area contributed by atoms with Gasteiger partial charge in [-0.15, -0.1) is 0 Å². The first-order valence-corrected chi connectivity index (χ1v) is 14.5. The topological polar surface area (TPSA) is 117 Å². The van der Waals surface area contributed by atoms with Crippen molar-refractivity contribution in [3.63, 3.8) is 0 Å². The van der Waals surface area contributed by atoms with E-state index in [9.17, 15) is 18.0 Å². The molecule has 9 nitrogen and oxygen atoms in total. The summed E-state index contributed by atoms with van der Waals surface area (Å²) in [5.74, 6) is -1.27. The van der Waals surface area contributed by atoms with E-state index in [1.165, 1.54) is 38.3 Å². The Hall–Kier alpha value is -3.99. The number of halogens is 1. The molecular weight excluding hydrogens is 566 g/mol. The van der Waals surface area contributed by atoms with Crippen LogP contribution in [0.3, 0.4) is 0 Å². The Morgan fingerprint density at radius 1 is 0.976 bits per heavy atom. The molecule has 4 aromatic rings. The van der Waals surface area contributed by atoms with Crippen LogP contribution in [-0.4, -0.2) is 43.1 Å². The zero-order valence-electron chi connectivity index (χ0n) is 23.2. The summed E-state index contributed by atoms with van der Waals surface area (Å²) < 4.78 is 41.1. The number of benzene rings is 3. The summed E-state index contributed by atoms with van der Waals surface area (Å²) in [6.07, 6.45) is 4.20. The first-order chi connectivity index (χ1) is 19.4. The summed E-state index contributed by atoms with van der Waals surface area (Å²) in [4.78, 5) is 29.8. The SMILES string of the molecule is COC(=O)c1cc(C)c([C@@H](OC(=O)[C@H](C)NS(=O)(=O)c2ccc(Cl)cc2)c2cc(-n3ccnc3)ccc2C)c(C)c1. The molecule has 2 atom stereocenters. The highest BCUT2D eigenvalue weighted by molar-refractivity contribution is 7.89. The third-order valence-electron chi connectivity index (χ3n) is 6.67. The molecule has 0 aliphatic rings. The number of imidazole rings is 1. The van der Waals surface area contributed by atoms with Crippen LogP contribution in [-0.2, 0) is 24.3 Å². The maximum atomic E-state index is 13.5. The molecule has 41 heavy (non-hydrogen) atoms. The van der Waals surface area contributed by atoms with Gasteiger partial charge in [-0.05, 0) is 92.9 Å². The number of aromatic nitrogens is 2. The normalized spacial score (nSPS) is 12.9. The zero-order valence-corrected chi connectivity index (χ0v) is 24.8. The van der Waals surface area contributed by atoms with Gasteiger partial charge in [0.2, 0.25) is 10.0 Å². The van der Waals surface area contributed by atoms with E-state index in [2.05, 4.69) is 9.71 Å². The summed E-state index contributed by atoms with van der Waals surface area (Å²) in [6, 6.07) is 13.5. The summed E-state index contributed by atoms with van der Waals surface area (Å²) in [5, 5.41) is 0.386. The van der Waals surface area contributed by atoms with Crippen molar-refractivity contribution in [2.75, 3.05) is 7.11 Å². The van der Waals surface area contributed by atoms with Crippen LogP contribution in [0, 0.1) is 20.8 Å². The first kappa shape index (κ1) is 30.0. The monoisotopic (exact) mass is 595 g/mol. The predicted molar refractivity (Wildman–Crippen MR) is 155 cm³/mol. The molecule has 0 aliphatic carbocycles. The van der Waals surface area contributed by atoms with Gasteiger partial charge in [-0.2, -0.15) is 4.72 Å². The van der Waals surface area contributed by atoms with E-state index in [1.807, 2.05) is 43.5 Å². The molecular formula is C30H30ClN3O6S.